The van der Waals surface area contributed by atoms with Crippen molar-refractivity contribution in [1.29, 1.82) is 0 Å². The summed E-state index contributed by atoms with van der Waals surface area (Å²) in [5, 5.41) is 4.53. The van der Waals surface area contributed by atoms with E-state index in [2.05, 4.69) is 75.4 Å². The van der Waals surface area contributed by atoms with Gasteiger partial charge in [0.25, 0.3) is 0 Å². The lowest BCUT2D eigenvalue weighted by molar-refractivity contribution is 1.12. The quantitative estimate of drug-likeness (QED) is 0.690. The number of hydrogen-bond acceptors (Lipinski definition) is 3. The highest BCUT2D eigenvalue weighted by Crippen LogP contribution is 2.22. The zero-order chi connectivity index (χ0) is 12.4. The molecule has 1 N–H and O–H groups in total. The summed E-state index contributed by atoms with van der Waals surface area (Å²) in [6.45, 7) is 0.777. The first-order valence-corrected chi connectivity index (χ1v) is 7.55. The van der Waals surface area contributed by atoms with Gasteiger partial charge in [0, 0.05) is 9.26 Å². The number of halogens is 1. The molecule has 1 aromatic heterocycles. The molecule has 90 valence electrons. The molecule has 0 spiro atoms. The summed E-state index contributed by atoms with van der Waals surface area (Å²) in [5.74, 6) is 0. The van der Waals surface area contributed by atoms with Crippen LogP contribution in [-0.2, 0) is 6.54 Å². The minimum Gasteiger partial charge on any atom is -0.378 e. The molecule has 2 aromatic carbocycles. The number of rotatable bonds is 3. The molecule has 0 bridgehead atoms. The number of para-hydroxylation sites is 1. The van der Waals surface area contributed by atoms with Crippen LogP contribution in [-0.4, -0.2) is 4.98 Å². The molecule has 0 radical (unpaired) electrons. The number of fused-ring (bicyclic) bond motifs is 1. The zero-order valence-electron chi connectivity index (χ0n) is 9.56. The Morgan fingerprint density at radius 3 is 2.83 bits per heavy atom. The number of anilines is 1. The first-order valence-electron chi connectivity index (χ1n) is 5.65. The normalized spacial score (nSPS) is 10.7. The molecule has 0 saturated heterocycles. The van der Waals surface area contributed by atoms with Crippen LogP contribution in [0.2, 0.25) is 0 Å². The third-order valence-corrected chi connectivity index (χ3v) is 4.31. The maximum atomic E-state index is 4.60. The number of aromatic nitrogens is 1. The van der Waals surface area contributed by atoms with Crippen molar-refractivity contribution < 1.29 is 0 Å². The predicted molar refractivity (Wildman–Crippen MR) is 86.1 cm³/mol. The van der Waals surface area contributed by atoms with Gasteiger partial charge >= 0.3 is 0 Å². The molecule has 0 atom stereocenters. The summed E-state index contributed by atoms with van der Waals surface area (Å²) in [6, 6.07) is 16.6. The van der Waals surface area contributed by atoms with Crippen molar-refractivity contribution in [2.45, 2.75) is 6.54 Å². The maximum Gasteiger partial charge on any atom is 0.113 e. The molecule has 1 heterocycles. The van der Waals surface area contributed by atoms with Crippen LogP contribution in [0.4, 0.5) is 5.69 Å². The number of hydrogen-bond donors (Lipinski definition) is 1. The van der Waals surface area contributed by atoms with Crippen LogP contribution in [0.25, 0.3) is 10.2 Å². The fraction of sp³-hybridized carbons (Fsp3) is 0.0714. The van der Waals surface area contributed by atoms with Gasteiger partial charge in [0.15, 0.2) is 0 Å². The maximum absolute atomic E-state index is 4.60. The Morgan fingerprint density at radius 1 is 1.11 bits per heavy atom. The summed E-state index contributed by atoms with van der Waals surface area (Å²) in [7, 11) is 0. The van der Waals surface area contributed by atoms with Gasteiger partial charge in [-0.3, -0.25) is 0 Å². The highest BCUT2D eigenvalue weighted by molar-refractivity contribution is 14.1. The van der Waals surface area contributed by atoms with E-state index in [1.807, 2.05) is 6.07 Å². The average molecular weight is 366 g/mol. The van der Waals surface area contributed by atoms with Gasteiger partial charge < -0.3 is 5.32 Å². The smallest absolute Gasteiger partial charge is 0.113 e. The van der Waals surface area contributed by atoms with Crippen molar-refractivity contribution in [3.8, 4) is 0 Å². The molecule has 3 rings (SSSR count). The average Bonchev–Trinajstić information content (AvgIpc) is 2.79. The van der Waals surface area contributed by atoms with Gasteiger partial charge in [0.1, 0.15) is 5.01 Å². The number of nitrogens with one attached hydrogen (secondary N) is 1. The largest absolute Gasteiger partial charge is 0.378 e. The van der Waals surface area contributed by atoms with Crippen LogP contribution >= 0.6 is 33.9 Å². The Bertz CT molecular complexity index is 645. The van der Waals surface area contributed by atoms with E-state index in [1.165, 1.54) is 8.27 Å². The van der Waals surface area contributed by atoms with E-state index >= 15 is 0 Å². The van der Waals surface area contributed by atoms with Crippen molar-refractivity contribution >= 4 is 49.8 Å². The predicted octanol–water partition coefficient (Wildman–Crippen LogP) is 4.51. The molecule has 18 heavy (non-hydrogen) atoms. The molecule has 2 nitrogen and oxygen atoms in total. The number of thiazole rings is 1. The Labute approximate surface area is 123 Å². The highest BCUT2D eigenvalue weighted by Gasteiger charge is 2.02. The summed E-state index contributed by atoms with van der Waals surface area (Å²) >= 11 is 4.06. The van der Waals surface area contributed by atoms with Gasteiger partial charge in [-0.1, -0.05) is 18.2 Å². The minimum absolute atomic E-state index is 0.777. The second-order valence-electron chi connectivity index (χ2n) is 3.94. The summed E-state index contributed by atoms with van der Waals surface area (Å²) < 4.78 is 2.49. The third-order valence-electron chi connectivity index (χ3n) is 2.61. The van der Waals surface area contributed by atoms with Gasteiger partial charge in [-0.25, -0.2) is 4.98 Å². The zero-order valence-corrected chi connectivity index (χ0v) is 12.5. The molecule has 0 aliphatic rings. The van der Waals surface area contributed by atoms with E-state index in [0.717, 1.165) is 22.8 Å². The van der Waals surface area contributed by atoms with Gasteiger partial charge in [-0.15, -0.1) is 11.3 Å². The van der Waals surface area contributed by atoms with E-state index in [1.54, 1.807) is 11.3 Å². The van der Waals surface area contributed by atoms with Gasteiger partial charge in [-0.05, 0) is 52.9 Å². The number of nitrogens with zero attached hydrogens (tertiary/aromatic N) is 1. The van der Waals surface area contributed by atoms with Crippen LogP contribution in [0.15, 0.2) is 48.5 Å². The third kappa shape index (κ3) is 2.64. The SMILES string of the molecule is Ic1cccc(NCc2nc3ccccc3s2)c1. The van der Waals surface area contributed by atoms with Gasteiger partial charge in [-0.2, -0.15) is 0 Å². The van der Waals surface area contributed by atoms with Crippen LogP contribution in [0, 0.1) is 3.57 Å². The first kappa shape index (κ1) is 11.9. The highest BCUT2D eigenvalue weighted by atomic mass is 127. The molecule has 0 amide bonds. The lowest BCUT2D eigenvalue weighted by atomic mass is 10.3. The fourth-order valence-corrected chi connectivity index (χ4v) is 3.22. The Kier molecular flexibility index (Phi) is 3.47. The van der Waals surface area contributed by atoms with E-state index in [4.69, 9.17) is 0 Å². The molecule has 0 aliphatic carbocycles. The standard InChI is InChI=1S/C14H11IN2S/c15-10-4-3-5-11(8-10)16-9-14-17-12-6-1-2-7-13(12)18-14/h1-8,16H,9H2. The monoisotopic (exact) mass is 366 g/mol. The Hall–Kier alpha value is -1.14. The van der Waals surface area contributed by atoms with Crippen LogP contribution in [0.3, 0.4) is 0 Å². The summed E-state index contributed by atoms with van der Waals surface area (Å²) in [4.78, 5) is 4.60. The second kappa shape index (κ2) is 5.24. The van der Waals surface area contributed by atoms with E-state index < -0.39 is 0 Å². The van der Waals surface area contributed by atoms with Gasteiger partial charge in [0.05, 0.1) is 16.8 Å². The van der Waals surface area contributed by atoms with Crippen molar-refractivity contribution in [2.75, 3.05) is 5.32 Å². The molecule has 4 heteroatoms. The summed E-state index contributed by atoms with van der Waals surface area (Å²) in [6.07, 6.45) is 0. The molecule has 0 unspecified atom stereocenters. The molecular weight excluding hydrogens is 355 g/mol. The molecule has 0 fully saturated rings. The van der Waals surface area contributed by atoms with Crippen molar-refractivity contribution in [2.24, 2.45) is 0 Å². The molecule has 0 saturated carbocycles. The Balaban J connectivity index is 1.76. The van der Waals surface area contributed by atoms with Gasteiger partial charge in [0.2, 0.25) is 0 Å². The number of benzene rings is 2. The second-order valence-corrected chi connectivity index (χ2v) is 6.30. The fourth-order valence-electron chi connectivity index (χ4n) is 1.77. The Morgan fingerprint density at radius 2 is 2.00 bits per heavy atom. The summed E-state index contributed by atoms with van der Waals surface area (Å²) in [5.41, 5.74) is 2.23. The van der Waals surface area contributed by atoms with E-state index in [9.17, 15) is 0 Å². The van der Waals surface area contributed by atoms with Crippen molar-refractivity contribution in [3.63, 3.8) is 0 Å². The minimum atomic E-state index is 0.777. The molecule has 0 aliphatic heterocycles. The van der Waals surface area contributed by atoms with Crippen LogP contribution in [0.5, 0.6) is 0 Å². The lowest BCUT2D eigenvalue weighted by Crippen LogP contribution is -1.98. The van der Waals surface area contributed by atoms with Crippen molar-refractivity contribution in [3.05, 3.63) is 57.1 Å². The van der Waals surface area contributed by atoms with E-state index in [0.29, 0.717) is 0 Å². The first-order chi connectivity index (χ1) is 8.81. The lowest BCUT2D eigenvalue weighted by Gasteiger charge is -2.03. The topological polar surface area (TPSA) is 24.9 Å². The van der Waals surface area contributed by atoms with E-state index in [-0.39, 0.29) is 0 Å². The van der Waals surface area contributed by atoms with Crippen LogP contribution < -0.4 is 5.32 Å². The molecular formula is C14H11IN2S. The van der Waals surface area contributed by atoms with Crippen LogP contribution in [0.1, 0.15) is 5.01 Å². The van der Waals surface area contributed by atoms with Crippen molar-refractivity contribution in [1.82, 2.24) is 4.98 Å². The molecule has 3 aromatic rings.